The summed E-state index contributed by atoms with van der Waals surface area (Å²) in [6, 6.07) is -0.549. The van der Waals surface area contributed by atoms with Gasteiger partial charge in [0.25, 0.3) is 5.56 Å². The fourth-order valence-corrected chi connectivity index (χ4v) is 1.56. The molecule has 0 aromatic carbocycles. The van der Waals surface area contributed by atoms with E-state index in [1.54, 1.807) is 0 Å². The number of H-pyrrole nitrogens is 2. The van der Waals surface area contributed by atoms with Gasteiger partial charge in [-0.25, -0.2) is 9.89 Å². The van der Waals surface area contributed by atoms with Gasteiger partial charge >= 0.3 is 11.7 Å². The van der Waals surface area contributed by atoms with E-state index in [0.29, 0.717) is 0 Å². The molecule has 9 nitrogen and oxygen atoms in total. The zero-order valence-electron chi connectivity index (χ0n) is 8.60. The second kappa shape index (κ2) is 4.37. The number of carboxylic acid groups (broad SMARTS) is 1. The van der Waals surface area contributed by atoms with Crippen molar-refractivity contribution < 1.29 is 14.6 Å². The SMILES string of the molecule is O=C(O)C1COCC1Nc1n[nH]c(=O)[nH]c1=O. The maximum absolute atomic E-state index is 11.3. The van der Waals surface area contributed by atoms with Crippen LogP contribution < -0.4 is 16.6 Å². The number of aliphatic carboxylic acids is 1. The molecule has 4 N–H and O–H groups in total. The average molecular weight is 242 g/mol. The van der Waals surface area contributed by atoms with Gasteiger partial charge in [-0.3, -0.25) is 14.6 Å². The van der Waals surface area contributed by atoms with Crippen molar-refractivity contribution in [2.45, 2.75) is 6.04 Å². The van der Waals surface area contributed by atoms with E-state index in [1.165, 1.54) is 0 Å². The highest BCUT2D eigenvalue weighted by atomic mass is 16.5. The molecular weight excluding hydrogens is 232 g/mol. The zero-order valence-corrected chi connectivity index (χ0v) is 8.60. The standard InChI is InChI=1S/C8H10N4O5/c13-6-5(11-12-8(16)10-6)9-4-2-17-1-3(4)7(14)15/h3-4H,1-2H2,(H,9,11)(H,14,15)(H2,10,12,13,16). The molecule has 2 heterocycles. The summed E-state index contributed by atoms with van der Waals surface area (Å²) < 4.78 is 5.01. The Kier molecular flexibility index (Phi) is 2.91. The predicted molar refractivity (Wildman–Crippen MR) is 54.8 cm³/mol. The third-order valence-electron chi connectivity index (χ3n) is 2.43. The van der Waals surface area contributed by atoms with Gasteiger partial charge in [-0.2, -0.15) is 0 Å². The second-order valence-corrected chi connectivity index (χ2v) is 3.59. The molecule has 0 amide bonds. The maximum atomic E-state index is 11.3. The normalized spacial score (nSPS) is 23.5. The first-order chi connectivity index (χ1) is 8.08. The van der Waals surface area contributed by atoms with E-state index in [1.807, 2.05) is 10.1 Å². The lowest BCUT2D eigenvalue weighted by molar-refractivity contribution is -0.141. The first kappa shape index (κ1) is 11.3. The van der Waals surface area contributed by atoms with Crippen LogP contribution in [0.1, 0.15) is 0 Å². The monoisotopic (exact) mass is 242 g/mol. The van der Waals surface area contributed by atoms with Crippen molar-refractivity contribution in [3.8, 4) is 0 Å². The Morgan fingerprint density at radius 1 is 1.47 bits per heavy atom. The summed E-state index contributed by atoms with van der Waals surface area (Å²) in [4.78, 5) is 34.9. The fraction of sp³-hybridized carbons (Fsp3) is 0.500. The number of aromatic amines is 2. The molecule has 1 aromatic heterocycles. The van der Waals surface area contributed by atoms with Crippen molar-refractivity contribution in [1.29, 1.82) is 0 Å². The van der Waals surface area contributed by atoms with Crippen LogP contribution in [-0.4, -0.2) is 45.5 Å². The minimum atomic E-state index is -1.01. The molecule has 1 aliphatic rings. The van der Waals surface area contributed by atoms with E-state index in [0.717, 1.165) is 0 Å². The van der Waals surface area contributed by atoms with Crippen LogP contribution in [0.3, 0.4) is 0 Å². The molecule has 1 fully saturated rings. The van der Waals surface area contributed by atoms with Gasteiger partial charge in [0.05, 0.1) is 19.3 Å². The minimum absolute atomic E-state index is 0.0776. The number of nitrogens with zero attached hydrogens (tertiary/aromatic N) is 1. The molecular formula is C8H10N4O5. The van der Waals surface area contributed by atoms with Gasteiger partial charge in [0, 0.05) is 0 Å². The van der Waals surface area contributed by atoms with Crippen molar-refractivity contribution in [2.75, 3.05) is 18.5 Å². The fourth-order valence-electron chi connectivity index (χ4n) is 1.56. The molecule has 9 heteroatoms. The minimum Gasteiger partial charge on any atom is -0.481 e. The van der Waals surface area contributed by atoms with Gasteiger partial charge in [-0.05, 0) is 0 Å². The van der Waals surface area contributed by atoms with E-state index < -0.39 is 29.2 Å². The molecule has 2 rings (SSSR count). The van der Waals surface area contributed by atoms with Crippen molar-refractivity contribution >= 4 is 11.8 Å². The first-order valence-electron chi connectivity index (χ1n) is 4.84. The van der Waals surface area contributed by atoms with Crippen molar-refractivity contribution in [3.63, 3.8) is 0 Å². The molecule has 0 aliphatic carbocycles. The highest BCUT2D eigenvalue weighted by molar-refractivity contribution is 5.72. The van der Waals surface area contributed by atoms with E-state index in [9.17, 15) is 14.4 Å². The third kappa shape index (κ3) is 2.33. The summed E-state index contributed by atoms with van der Waals surface area (Å²) in [6.45, 7) is 0.242. The zero-order chi connectivity index (χ0) is 12.4. The van der Waals surface area contributed by atoms with Crippen LogP contribution >= 0.6 is 0 Å². The van der Waals surface area contributed by atoms with Crippen LogP contribution in [0.5, 0.6) is 0 Å². The molecule has 2 unspecified atom stereocenters. The van der Waals surface area contributed by atoms with E-state index >= 15 is 0 Å². The Hall–Kier alpha value is -2.16. The molecule has 1 aliphatic heterocycles. The Labute approximate surface area is 93.8 Å². The maximum Gasteiger partial charge on any atom is 0.342 e. The number of rotatable bonds is 3. The molecule has 0 spiro atoms. The first-order valence-corrected chi connectivity index (χ1v) is 4.84. The second-order valence-electron chi connectivity index (χ2n) is 3.59. The number of hydrogen-bond donors (Lipinski definition) is 4. The van der Waals surface area contributed by atoms with Gasteiger partial charge in [0.1, 0.15) is 5.92 Å². The summed E-state index contributed by atoms with van der Waals surface area (Å²) in [5.74, 6) is -1.89. The predicted octanol–water partition coefficient (Wildman–Crippen LogP) is -2.03. The molecule has 1 aromatic rings. The lowest BCUT2D eigenvalue weighted by atomic mass is 10.0. The van der Waals surface area contributed by atoms with Crippen LogP contribution in [0.25, 0.3) is 0 Å². The molecule has 17 heavy (non-hydrogen) atoms. The highest BCUT2D eigenvalue weighted by Crippen LogP contribution is 2.16. The largest absolute Gasteiger partial charge is 0.481 e. The van der Waals surface area contributed by atoms with Crippen LogP contribution in [0.15, 0.2) is 9.59 Å². The summed E-state index contributed by atoms with van der Waals surface area (Å²) in [6.07, 6.45) is 0. The quantitative estimate of drug-likeness (QED) is 0.479. The molecule has 0 saturated carbocycles. The molecule has 2 atom stereocenters. The van der Waals surface area contributed by atoms with Crippen molar-refractivity contribution in [2.24, 2.45) is 5.92 Å². The number of anilines is 1. The lowest BCUT2D eigenvalue weighted by Gasteiger charge is -2.14. The van der Waals surface area contributed by atoms with Gasteiger partial charge in [0.15, 0.2) is 0 Å². The van der Waals surface area contributed by atoms with Crippen molar-refractivity contribution in [1.82, 2.24) is 15.2 Å². The number of ether oxygens (including phenoxy) is 1. The summed E-state index contributed by atoms with van der Waals surface area (Å²) >= 11 is 0. The Bertz CT molecular complexity index is 535. The Morgan fingerprint density at radius 2 is 2.24 bits per heavy atom. The van der Waals surface area contributed by atoms with Crippen LogP contribution in [0.2, 0.25) is 0 Å². The smallest absolute Gasteiger partial charge is 0.342 e. The van der Waals surface area contributed by atoms with Crippen LogP contribution in [0.4, 0.5) is 5.82 Å². The van der Waals surface area contributed by atoms with E-state index in [-0.39, 0.29) is 19.0 Å². The van der Waals surface area contributed by atoms with Gasteiger partial charge in [-0.15, -0.1) is 5.10 Å². The molecule has 92 valence electrons. The lowest BCUT2D eigenvalue weighted by Crippen LogP contribution is -2.37. The van der Waals surface area contributed by atoms with Gasteiger partial charge < -0.3 is 15.2 Å². The number of carbonyl (C=O) groups is 1. The molecule has 0 bridgehead atoms. The Balaban J connectivity index is 2.18. The van der Waals surface area contributed by atoms with Gasteiger partial charge in [-0.1, -0.05) is 0 Å². The summed E-state index contributed by atoms with van der Waals surface area (Å²) in [7, 11) is 0. The topological polar surface area (TPSA) is 137 Å². The molecule has 0 radical (unpaired) electrons. The van der Waals surface area contributed by atoms with Gasteiger partial charge in [0.2, 0.25) is 5.82 Å². The van der Waals surface area contributed by atoms with E-state index in [4.69, 9.17) is 9.84 Å². The summed E-state index contributed by atoms with van der Waals surface area (Å²) in [5.41, 5.74) is -1.43. The van der Waals surface area contributed by atoms with Crippen LogP contribution in [0, 0.1) is 5.92 Å². The number of aromatic nitrogens is 3. The average Bonchev–Trinajstić information content (AvgIpc) is 2.70. The van der Waals surface area contributed by atoms with E-state index in [2.05, 4.69) is 10.4 Å². The number of carboxylic acids is 1. The highest BCUT2D eigenvalue weighted by Gasteiger charge is 2.34. The molecule has 1 saturated heterocycles. The summed E-state index contributed by atoms with van der Waals surface area (Å²) in [5, 5.41) is 17.1. The Morgan fingerprint density at radius 3 is 2.88 bits per heavy atom. The number of nitrogens with one attached hydrogen (secondary N) is 3. The van der Waals surface area contributed by atoms with Crippen LogP contribution in [-0.2, 0) is 9.53 Å². The number of hydrogen-bond acceptors (Lipinski definition) is 6. The third-order valence-corrected chi connectivity index (χ3v) is 2.43. The van der Waals surface area contributed by atoms with Crippen molar-refractivity contribution in [3.05, 3.63) is 20.8 Å².